The molecule has 2 N–H and O–H groups in total. The van der Waals surface area contributed by atoms with Crippen molar-refractivity contribution in [2.75, 3.05) is 49.5 Å². The standard InChI is InChI=1S/C33H38N4O7/c1-3-19-42-33(39)34-27-6-4-5-26(20-27)32-43-30(23(2)31(44-32)25-9-7-24(22-38)8-10-25)21-35-15-17-36(18-16-35)28-11-13-29(14-12-28)37(40)41/h3-14,20,23,30-32,38H,1,15-19,21-22H2,2H3,(H,34,39). The van der Waals surface area contributed by atoms with E-state index < -0.39 is 12.4 Å². The minimum Gasteiger partial charge on any atom is -0.445 e. The summed E-state index contributed by atoms with van der Waals surface area (Å²) in [4.78, 5) is 27.4. The molecule has 0 bridgehead atoms. The van der Waals surface area contributed by atoms with Crippen LogP contribution in [0.4, 0.5) is 21.9 Å². The summed E-state index contributed by atoms with van der Waals surface area (Å²) in [7, 11) is 0. The van der Waals surface area contributed by atoms with Crippen molar-refractivity contribution in [2.45, 2.75) is 32.0 Å². The van der Waals surface area contributed by atoms with Gasteiger partial charge in [-0.1, -0.05) is 56.0 Å². The van der Waals surface area contributed by atoms with Gasteiger partial charge in [0.25, 0.3) is 5.69 Å². The van der Waals surface area contributed by atoms with Crippen molar-refractivity contribution in [3.8, 4) is 0 Å². The number of nitro benzene ring substituents is 1. The molecule has 5 rings (SSSR count). The lowest BCUT2D eigenvalue weighted by Gasteiger charge is -2.44. The number of hydrogen-bond acceptors (Lipinski definition) is 9. The van der Waals surface area contributed by atoms with Crippen LogP contribution in [0.25, 0.3) is 0 Å². The number of aliphatic hydroxyl groups is 1. The minimum absolute atomic E-state index is 0.0223. The van der Waals surface area contributed by atoms with Crippen LogP contribution in [0.15, 0.2) is 85.5 Å². The van der Waals surface area contributed by atoms with Crippen molar-refractivity contribution < 1.29 is 29.0 Å². The Labute approximate surface area is 256 Å². The van der Waals surface area contributed by atoms with Crippen LogP contribution in [0.5, 0.6) is 0 Å². The Morgan fingerprint density at radius 3 is 2.45 bits per heavy atom. The molecule has 3 aromatic rings. The lowest BCUT2D eigenvalue weighted by atomic mass is 9.90. The van der Waals surface area contributed by atoms with Gasteiger partial charge in [0.1, 0.15) is 6.61 Å². The monoisotopic (exact) mass is 602 g/mol. The molecule has 1 amide bonds. The highest BCUT2D eigenvalue weighted by molar-refractivity contribution is 5.84. The van der Waals surface area contributed by atoms with E-state index in [2.05, 4.69) is 28.6 Å². The highest BCUT2D eigenvalue weighted by Crippen LogP contribution is 2.42. The van der Waals surface area contributed by atoms with E-state index in [1.54, 1.807) is 30.3 Å². The Kier molecular flexibility index (Phi) is 10.2. The molecule has 0 saturated carbocycles. The fraction of sp³-hybridized carbons (Fsp3) is 0.364. The van der Waals surface area contributed by atoms with E-state index in [9.17, 15) is 20.0 Å². The van der Waals surface area contributed by atoms with Crippen molar-refractivity contribution in [2.24, 2.45) is 5.92 Å². The van der Waals surface area contributed by atoms with Crippen molar-refractivity contribution in [3.05, 3.63) is 112 Å². The summed E-state index contributed by atoms with van der Waals surface area (Å²) >= 11 is 0. The van der Waals surface area contributed by atoms with Crippen LogP contribution in [0, 0.1) is 16.0 Å². The number of non-ortho nitro benzene ring substituents is 1. The fourth-order valence-electron chi connectivity index (χ4n) is 5.61. The SMILES string of the molecule is C=CCOC(=O)Nc1cccc(C2OC(CN3CCN(c4ccc([N+](=O)[O-])cc4)CC3)C(C)C(c3ccc(CO)cc3)O2)c1. The molecule has 44 heavy (non-hydrogen) atoms. The molecule has 2 aliphatic rings. The number of aliphatic hydroxyl groups excluding tert-OH is 1. The van der Waals surface area contributed by atoms with Gasteiger partial charge in [0.05, 0.1) is 23.7 Å². The van der Waals surface area contributed by atoms with E-state index in [-0.39, 0.29) is 42.0 Å². The quantitative estimate of drug-likeness (QED) is 0.177. The van der Waals surface area contributed by atoms with Gasteiger partial charge in [-0.2, -0.15) is 0 Å². The fourth-order valence-corrected chi connectivity index (χ4v) is 5.61. The van der Waals surface area contributed by atoms with Gasteiger partial charge < -0.3 is 24.2 Å². The number of benzene rings is 3. The van der Waals surface area contributed by atoms with Gasteiger partial charge in [-0.3, -0.25) is 20.3 Å². The summed E-state index contributed by atoms with van der Waals surface area (Å²) in [6.45, 7) is 9.69. The lowest BCUT2D eigenvalue weighted by molar-refractivity contribution is -0.384. The molecule has 2 fully saturated rings. The average molecular weight is 603 g/mol. The van der Waals surface area contributed by atoms with Crippen LogP contribution < -0.4 is 10.2 Å². The Bertz CT molecular complexity index is 1420. The Morgan fingerprint density at radius 2 is 1.80 bits per heavy atom. The summed E-state index contributed by atoms with van der Waals surface area (Å²) in [6.07, 6.45) is -0.165. The molecule has 11 nitrogen and oxygen atoms in total. The maximum absolute atomic E-state index is 12.1. The molecule has 11 heteroatoms. The van der Waals surface area contributed by atoms with E-state index in [1.807, 2.05) is 42.5 Å². The van der Waals surface area contributed by atoms with Crippen molar-refractivity contribution in [1.82, 2.24) is 4.90 Å². The number of nitrogens with one attached hydrogen (secondary N) is 1. The number of anilines is 2. The largest absolute Gasteiger partial charge is 0.445 e. The van der Waals surface area contributed by atoms with Crippen LogP contribution in [0.1, 0.15) is 36.0 Å². The van der Waals surface area contributed by atoms with E-state index in [0.29, 0.717) is 12.2 Å². The first kappa shape index (κ1) is 31.1. The van der Waals surface area contributed by atoms with Gasteiger partial charge >= 0.3 is 6.09 Å². The number of nitrogens with zero attached hydrogens (tertiary/aromatic N) is 3. The number of nitro groups is 1. The third-order valence-electron chi connectivity index (χ3n) is 8.10. The summed E-state index contributed by atoms with van der Waals surface area (Å²) in [5.74, 6) is 0.0223. The second-order valence-corrected chi connectivity index (χ2v) is 11.0. The third kappa shape index (κ3) is 7.61. The molecule has 0 spiro atoms. The number of piperazine rings is 1. The zero-order valence-electron chi connectivity index (χ0n) is 24.7. The predicted molar refractivity (Wildman–Crippen MR) is 166 cm³/mol. The van der Waals surface area contributed by atoms with E-state index >= 15 is 0 Å². The van der Waals surface area contributed by atoms with Gasteiger partial charge in [-0.15, -0.1) is 0 Å². The summed E-state index contributed by atoms with van der Waals surface area (Å²) in [6, 6.07) is 21.8. The molecule has 2 saturated heterocycles. The van der Waals surface area contributed by atoms with Crippen molar-refractivity contribution in [3.63, 3.8) is 0 Å². The Hall–Kier alpha value is -4.29. The van der Waals surface area contributed by atoms with Crippen molar-refractivity contribution >= 4 is 23.2 Å². The van der Waals surface area contributed by atoms with E-state index in [0.717, 1.165) is 48.6 Å². The number of carbonyl (C=O) groups is 1. The summed E-state index contributed by atoms with van der Waals surface area (Å²) < 4.78 is 18.2. The van der Waals surface area contributed by atoms with Gasteiger partial charge in [-0.05, 0) is 35.4 Å². The molecule has 3 aromatic carbocycles. The number of hydrogen-bond donors (Lipinski definition) is 2. The minimum atomic E-state index is -0.675. The molecule has 4 unspecified atom stereocenters. The summed E-state index contributed by atoms with van der Waals surface area (Å²) in [5.41, 5.74) is 4.21. The van der Waals surface area contributed by atoms with Crippen molar-refractivity contribution in [1.29, 1.82) is 0 Å². The van der Waals surface area contributed by atoms with Crippen LogP contribution in [-0.2, 0) is 20.8 Å². The topological polar surface area (TPSA) is 127 Å². The first-order chi connectivity index (χ1) is 21.3. The molecule has 0 radical (unpaired) electrons. The molecule has 2 aliphatic heterocycles. The van der Waals surface area contributed by atoms with E-state index in [4.69, 9.17) is 14.2 Å². The zero-order chi connectivity index (χ0) is 31.1. The normalized spacial score (nSPS) is 22.3. The van der Waals surface area contributed by atoms with Crippen LogP contribution >= 0.6 is 0 Å². The highest BCUT2D eigenvalue weighted by Gasteiger charge is 2.39. The third-order valence-corrected chi connectivity index (χ3v) is 8.10. The number of ether oxygens (including phenoxy) is 3. The van der Waals surface area contributed by atoms with Gasteiger partial charge in [0.2, 0.25) is 0 Å². The molecule has 4 atom stereocenters. The predicted octanol–water partition coefficient (Wildman–Crippen LogP) is 5.44. The molecule has 0 aliphatic carbocycles. The lowest BCUT2D eigenvalue weighted by Crippen LogP contribution is -2.51. The maximum Gasteiger partial charge on any atom is 0.411 e. The molecular formula is C33H38N4O7. The Balaban J connectivity index is 1.30. The maximum atomic E-state index is 12.1. The first-order valence-electron chi connectivity index (χ1n) is 14.7. The van der Waals surface area contributed by atoms with Crippen LogP contribution in [0.3, 0.4) is 0 Å². The van der Waals surface area contributed by atoms with Gasteiger partial charge in [-0.25, -0.2) is 4.79 Å². The number of rotatable bonds is 10. The zero-order valence-corrected chi connectivity index (χ0v) is 24.7. The molecule has 232 valence electrons. The Morgan fingerprint density at radius 1 is 1.07 bits per heavy atom. The van der Waals surface area contributed by atoms with Crippen LogP contribution in [-0.4, -0.2) is 66.5 Å². The second kappa shape index (κ2) is 14.5. The summed E-state index contributed by atoms with van der Waals surface area (Å²) in [5, 5.41) is 23.3. The smallest absolute Gasteiger partial charge is 0.411 e. The van der Waals surface area contributed by atoms with E-state index in [1.165, 1.54) is 6.08 Å². The van der Waals surface area contributed by atoms with Gasteiger partial charge in [0, 0.05) is 67.7 Å². The molecule has 2 heterocycles. The first-order valence-corrected chi connectivity index (χ1v) is 14.7. The average Bonchev–Trinajstić information content (AvgIpc) is 3.05. The van der Waals surface area contributed by atoms with Gasteiger partial charge in [0.15, 0.2) is 6.29 Å². The molecule has 0 aromatic heterocycles. The molecular weight excluding hydrogens is 564 g/mol. The number of carbonyl (C=O) groups excluding carboxylic acids is 1. The van der Waals surface area contributed by atoms with Crippen LogP contribution in [0.2, 0.25) is 0 Å². The second-order valence-electron chi connectivity index (χ2n) is 11.0. The number of amides is 1. The highest BCUT2D eigenvalue weighted by atomic mass is 16.7.